The molecule has 31 heavy (non-hydrogen) atoms. The molecule has 3 rings (SSSR count). The van der Waals surface area contributed by atoms with Crippen LogP contribution in [0.4, 0.5) is 10.1 Å². The fourth-order valence-corrected chi connectivity index (χ4v) is 5.68. The molecule has 1 atom stereocenters. The van der Waals surface area contributed by atoms with Crippen LogP contribution >= 0.6 is 0 Å². The lowest BCUT2D eigenvalue weighted by atomic mass is 10.0. The van der Waals surface area contributed by atoms with E-state index in [1.54, 1.807) is 37.3 Å². The first kappa shape index (κ1) is 22.9. The summed E-state index contributed by atoms with van der Waals surface area (Å²) >= 11 is 0. The van der Waals surface area contributed by atoms with Crippen molar-refractivity contribution in [2.24, 2.45) is 0 Å². The number of anilines is 1. The third-order valence-electron chi connectivity index (χ3n) is 5.30. The molecule has 2 aromatic rings. The summed E-state index contributed by atoms with van der Waals surface area (Å²) in [5.74, 6) is -2.03. The van der Waals surface area contributed by atoms with Crippen molar-refractivity contribution in [1.82, 2.24) is 9.62 Å². The van der Waals surface area contributed by atoms with Gasteiger partial charge in [0.15, 0.2) is 0 Å². The van der Waals surface area contributed by atoms with Gasteiger partial charge in [0, 0.05) is 24.8 Å². The summed E-state index contributed by atoms with van der Waals surface area (Å²) in [5.41, 5.74) is 0.872. The standard InChI is InChI=1S/C22H26FN3O4S/c1-16-15-17(23)10-11-20(16)31(29,30)26-14-6-5-9-19(26)12-13-24-21(27)22(28)25-18-7-3-2-4-8-18/h2-4,7-8,10-11,15,19H,5-6,9,12-14H2,1H3,(H,24,27)(H,25,28)/t19-/m0/s1. The maximum Gasteiger partial charge on any atom is 0.313 e. The highest BCUT2D eigenvalue weighted by molar-refractivity contribution is 7.89. The Morgan fingerprint density at radius 3 is 2.55 bits per heavy atom. The molecule has 0 aromatic heterocycles. The number of halogens is 1. The van der Waals surface area contributed by atoms with E-state index in [0.29, 0.717) is 30.6 Å². The van der Waals surface area contributed by atoms with Crippen LogP contribution in [0.15, 0.2) is 53.4 Å². The lowest BCUT2D eigenvalue weighted by Gasteiger charge is -2.35. The topological polar surface area (TPSA) is 95.6 Å². The Morgan fingerprint density at radius 1 is 1.10 bits per heavy atom. The zero-order valence-electron chi connectivity index (χ0n) is 17.3. The SMILES string of the molecule is Cc1cc(F)ccc1S(=O)(=O)N1CCCC[C@H]1CCNC(=O)C(=O)Nc1ccccc1. The predicted octanol–water partition coefficient (Wildman–Crippen LogP) is 2.82. The van der Waals surface area contributed by atoms with Crippen molar-refractivity contribution in [2.45, 2.75) is 43.5 Å². The Balaban J connectivity index is 1.61. The van der Waals surface area contributed by atoms with Gasteiger partial charge in [-0.1, -0.05) is 24.6 Å². The summed E-state index contributed by atoms with van der Waals surface area (Å²) in [7, 11) is -3.79. The van der Waals surface area contributed by atoms with Crippen LogP contribution in [0.2, 0.25) is 0 Å². The summed E-state index contributed by atoms with van der Waals surface area (Å²) in [6, 6.07) is 12.0. The zero-order valence-corrected chi connectivity index (χ0v) is 18.1. The maximum atomic E-state index is 13.4. The Labute approximate surface area is 181 Å². The average molecular weight is 448 g/mol. The fraction of sp³-hybridized carbons (Fsp3) is 0.364. The molecule has 0 saturated carbocycles. The van der Waals surface area contributed by atoms with Crippen molar-refractivity contribution in [3.05, 3.63) is 59.9 Å². The first-order chi connectivity index (χ1) is 14.8. The summed E-state index contributed by atoms with van der Waals surface area (Å²) in [6.45, 7) is 2.10. The molecule has 166 valence electrons. The monoisotopic (exact) mass is 447 g/mol. The van der Waals surface area contributed by atoms with Crippen LogP contribution in [0.1, 0.15) is 31.2 Å². The Kier molecular flexibility index (Phi) is 7.40. The number of nitrogens with one attached hydrogen (secondary N) is 2. The lowest BCUT2D eigenvalue weighted by Crippen LogP contribution is -2.46. The highest BCUT2D eigenvalue weighted by Gasteiger charge is 2.34. The number of rotatable bonds is 6. The Bertz CT molecular complexity index is 1040. The van der Waals surface area contributed by atoms with E-state index in [4.69, 9.17) is 0 Å². The van der Waals surface area contributed by atoms with Crippen molar-refractivity contribution in [2.75, 3.05) is 18.4 Å². The molecule has 0 bridgehead atoms. The molecule has 7 nitrogen and oxygen atoms in total. The van der Waals surface area contributed by atoms with E-state index >= 15 is 0 Å². The molecule has 1 fully saturated rings. The summed E-state index contributed by atoms with van der Waals surface area (Å²) < 4.78 is 41.2. The molecule has 2 aromatic carbocycles. The number of amides is 2. The zero-order chi connectivity index (χ0) is 22.4. The number of piperidine rings is 1. The minimum absolute atomic E-state index is 0.0899. The third kappa shape index (κ3) is 5.68. The lowest BCUT2D eigenvalue weighted by molar-refractivity contribution is -0.136. The normalized spacial score (nSPS) is 17.2. The number of sulfonamides is 1. The molecule has 0 spiro atoms. The first-order valence-electron chi connectivity index (χ1n) is 10.2. The van der Waals surface area contributed by atoms with Gasteiger partial charge in [-0.3, -0.25) is 9.59 Å². The summed E-state index contributed by atoms with van der Waals surface area (Å²) in [6.07, 6.45) is 2.65. The van der Waals surface area contributed by atoms with E-state index in [0.717, 1.165) is 18.9 Å². The van der Waals surface area contributed by atoms with Gasteiger partial charge in [0.25, 0.3) is 0 Å². The van der Waals surface area contributed by atoms with Crippen LogP contribution in [-0.2, 0) is 19.6 Å². The second kappa shape index (κ2) is 10.0. The molecular formula is C22H26FN3O4S. The van der Waals surface area contributed by atoms with Gasteiger partial charge in [-0.05, 0) is 62.1 Å². The molecule has 0 unspecified atom stereocenters. The van der Waals surface area contributed by atoms with E-state index < -0.39 is 27.7 Å². The van der Waals surface area contributed by atoms with E-state index in [-0.39, 0.29) is 17.5 Å². The van der Waals surface area contributed by atoms with E-state index in [9.17, 15) is 22.4 Å². The number of hydrogen-bond acceptors (Lipinski definition) is 4. The molecule has 1 heterocycles. The average Bonchev–Trinajstić information content (AvgIpc) is 2.74. The number of benzene rings is 2. The van der Waals surface area contributed by atoms with E-state index in [2.05, 4.69) is 10.6 Å². The van der Waals surface area contributed by atoms with Gasteiger partial charge in [0.05, 0.1) is 4.90 Å². The fourth-order valence-electron chi connectivity index (χ4n) is 3.75. The van der Waals surface area contributed by atoms with Crippen LogP contribution in [0, 0.1) is 12.7 Å². The molecule has 1 saturated heterocycles. The molecule has 1 aliphatic heterocycles. The number of aryl methyl sites for hydroxylation is 1. The molecule has 0 aliphatic carbocycles. The highest BCUT2D eigenvalue weighted by atomic mass is 32.2. The minimum Gasteiger partial charge on any atom is -0.348 e. The summed E-state index contributed by atoms with van der Waals surface area (Å²) in [5, 5.41) is 5.07. The van der Waals surface area contributed by atoms with Gasteiger partial charge in [0.2, 0.25) is 10.0 Å². The van der Waals surface area contributed by atoms with Crippen LogP contribution in [0.5, 0.6) is 0 Å². The molecular weight excluding hydrogens is 421 g/mol. The molecule has 2 amide bonds. The number of nitrogens with zero attached hydrogens (tertiary/aromatic N) is 1. The molecule has 0 radical (unpaired) electrons. The summed E-state index contributed by atoms with van der Waals surface area (Å²) in [4.78, 5) is 24.2. The van der Waals surface area contributed by atoms with Gasteiger partial charge in [-0.2, -0.15) is 4.31 Å². The van der Waals surface area contributed by atoms with Gasteiger partial charge >= 0.3 is 11.8 Å². The molecule has 1 aliphatic rings. The second-order valence-electron chi connectivity index (χ2n) is 7.54. The largest absolute Gasteiger partial charge is 0.348 e. The highest BCUT2D eigenvalue weighted by Crippen LogP contribution is 2.28. The minimum atomic E-state index is -3.79. The van der Waals surface area contributed by atoms with Crippen LogP contribution in [0.25, 0.3) is 0 Å². The van der Waals surface area contributed by atoms with Crippen LogP contribution < -0.4 is 10.6 Å². The van der Waals surface area contributed by atoms with Gasteiger partial charge in [-0.25, -0.2) is 12.8 Å². The number of para-hydroxylation sites is 1. The van der Waals surface area contributed by atoms with Gasteiger partial charge in [-0.15, -0.1) is 0 Å². The predicted molar refractivity (Wildman–Crippen MR) is 115 cm³/mol. The number of carbonyl (C=O) groups is 2. The van der Waals surface area contributed by atoms with E-state index in [1.807, 2.05) is 0 Å². The second-order valence-corrected chi connectivity index (χ2v) is 9.40. The van der Waals surface area contributed by atoms with Crippen LogP contribution in [0.3, 0.4) is 0 Å². The van der Waals surface area contributed by atoms with E-state index in [1.165, 1.54) is 16.4 Å². The van der Waals surface area contributed by atoms with Crippen molar-refractivity contribution in [3.8, 4) is 0 Å². The molecule has 9 heteroatoms. The van der Waals surface area contributed by atoms with Gasteiger partial charge < -0.3 is 10.6 Å². The number of hydrogen-bond donors (Lipinski definition) is 2. The number of carbonyl (C=O) groups excluding carboxylic acids is 2. The quantitative estimate of drug-likeness (QED) is 0.666. The first-order valence-corrected chi connectivity index (χ1v) is 11.7. The van der Waals surface area contributed by atoms with Crippen molar-refractivity contribution in [3.63, 3.8) is 0 Å². The van der Waals surface area contributed by atoms with Crippen LogP contribution in [-0.4, -0.2) is 43.7 Å². The van der Waals surface area contributed by atoms with Crippen molar-refractivity contribution in [1.29, 1.82) is 0 Å². The Hall–Kier alpha value is -2.78. The third-order valence-corrected chi connectivity index (χ3v) is 7.41. The maximum absolute atomic E-state index is 13.4. The van der Waals surface area contributed by atoms with Crippen molar-refractivity contribution >= 4 is 27.5 Å². The Morgan fingerprint density at radius 2 is 1.84 bits per heavy atom. The molecule has 2 N–H and O–H groups in total. The van der Waals surface area contributed by atoms with Gasteiger partial charge in [0.1, 0.15) is 5.82 Å². The van der Waals surface area contributed by atoms with Crippen molar-refractivity contribution < 1.29 is 22.4 Å². The smallest absolute Gasteiger partial charge is 0.313 e.